The van der Waals surface area contributed by atoms with E-state index in [1.807, 2.05) is 0 Å². The SMILES string of the molecule is O=[N+]([O-])c1cc(I)c2c(c1)CCO2. The van der Waals surface area contributed by atoms with Crippen molar-refractivity contribution in [1.82, 2.24) is 0 Å². The summed E-state index contributed by atoms with van der Waals surface area (Å²) in [5.74, 6) is 0.811. The zero-order valence-electron chi connectivity index (χ0n) is 6.62. The normalized spacial score (nSPS) is 13.6. The summed E-state index contributed by atoms with van der Waals surface area (Å²) >= 11 is 2.06. The van der Waals surface area contributed by atoms with Crippen LogP contribution < -0.4 is 4.74 Å². The summed E-state index contributed by atoms with van der Waals surface area (Å²) in [4.78, 5) is 10.1. The summed E-state index contributed by atoms with van der Waals surface area (Å²) in [6.07, 6.45) is 0.771. The number of nitro benzene ring substituents is 1. The van der Waals surface area contributed by atoms with E-state index in [4.69, 9.17) is 4.74 Å². The lowest BCUT2D eigenvalue weighted by Gasteiger charge is -2.01. The van der Waals surface area contributed by atoms with E-state index in [9.17, 15) is 10.1 Å². The Bertz CT molecular complexity index is 378. The van der Waals surface area contributed by atoms with Crippen molar-refractivity contribution < 1.29 is 9.66 Å². The Morgan fingerprint density at radius 1 is 1.54 bits per heavy atom. The number of nitrogens with zero attached hydrogens (tertiary/aromatic N) is 1. The van der Waals surface area contributed by atoms with E-state index in [1.54, 1.807) is 6.07 Å². The third-order valence-electron chi connectivity index (χ3n) is 1.93. The lowest BCUT2D eigenvalue weighted by molar-refractivity contribution is -0.385. The highest BCUT2D eigenvalue weighted by Crippen LogP contribution is 2.34. The fraction of sp³-hybridized carbons (Fsp3) is 0.250. The smallest absolute Gasteiger partial charge is 0.271 e. The molecule has 0 aromatic heterocycles. The van der Waals surface area contributed by atoms with Gasteiger partial charge in [-0.2, -0.15) is 0 Å². The second kappa shape index (κ2) is 3.13. The van der Waals surface area contributed by atoms with Gasteiger partial charge in [0.25, 0.3) is 5.69 Å². The molecule has 1 aliphatic rings. The molecule has 5 heteroatoms. The van der Waals surface area contributed by atoms with Crippen LogP contribution in [0.4, 0.5) is 5.69 Å². The van der Waals surface area contributed by atoms with Crippen molar-refractivity contribution in [2.75, 3.05) is 6.61 Å². The van der Waals surface area contributed by atoms with Gasteiger partial charge < -0.3 is 4.74 Å². The highest BCUT2D eigenvalue weighted by Gasteiger charge is 2.20. The lowest BCUT2D eigenvalue weighted by atomic mass is 10.1. The Morgan fingerprint density at radius 2 is 2.31 bits per heavy atom. The average molecular weight is 291 g/mol. The van der Waals surface area contributed by atoms with Crippen LogP contribution in [0.3, 0.4) is 0 Å². The molecule has 0 spiro atoms. The van der Waals surface area contributed by atoms with Crippen LogP contribution in [-0.2, 0) is 6.42 Å². The predicted octanol–water partition coefficient (Wildman–Crippen LogP) is 2.13. The molecule has 0 unspecified atom stereocenters. The van der Waals surface area contributed by atoms with Crippen molar-refractivity contribution in [2.45, 2.75) is 6.42 Å². The monoisotopic (exact) mass is 291 g/mol. The third-order valence-corrected chi connectivity index (χ3v) is 2.74. The minimum absolute atomic E-state index is 0.147. The van der Waals surface area contributed by atoms with Crippen molar-refractivity contribution in [3.8, 4) is 5.75 Å². The topological polar surface area (TPSA) is 52.4 Å². The fourth-order valence-corrected chi connectivity index (χ4v) is 2.17. The highest BCUT2D eigenvalue weighted by molar-refractivity contribution is 14.1. The third kappa shape index (κ3) is 1.48. The molecule has 0 amide bonds. The number of fused-ring (bicyclic) bond motifs is 1. The molecule has 0 fully saturated rings. The van der Waals surface area contributed by atoms with Crippen molar-refractivity contribution in [3.63, 3.8) is 0 Å². The van der Waals surface area contributed by atoms with Crippen molar-refractivity contribution >= 4 is 28.3 Å². The van der Waals surface area contributed by atoms with Gasteiger partial charge in [0, 0.05) is 24.1 Å². The standard InChI is InChI=1S/C8H6INO3/c9-7-4-6(10(11)12)3-5-1-2-13-8(5)7/h3-4H,1-2H2. The summed E-state index contributed by atoms with van der Waals surface area (Å²) in [5.41, 5.74) is 1.09. The first-order valence-electron chi connectivity index (χ1n) is 3.78. The van der Waals surface area contributed by atoms with Gasteiger partial charge in [0.1, 0.15) is 5.75 Å². The molecule has 68 valence electrons. The fourth-order valence-electron chi connectivity index (χ4n) is 1.35. The minimum atomic E-state index is -0.374. The van der Waals surface area contributed by atoms with Crippen molar-refractivity contribution in [2.24, 2.45) is 0 Å². The molecule has 4 nitrogen and oxygen atoms in total. The van der Waals surface area contributed by atoms with Crippen molar-refractivity contribution in [3.05, 3.63) is 31.4 Å². The summed E-state index contributed by atoms with van der Waals surface area (Å²) in [7, 11) is 0. The Kier molecular flexibility index (Phi) is 2.10. The summed E-state index contributed by atoms with van der Waals surface area (Å²) < 4.78 is 6.15. The Balaban J connectivity index is 2.55. The quantitative estimate of drug-likeness (QED) is 0.452. The molecule has 1 aromatic carbocycles. The molecular formula is C8H6INO3. The molecule has 0 atom stereocenters. The molecule has 0 radical (unpaired) electrons. The molecular weight excluding hydrogens is 285 g/mol. The molecule has 1 aliphatic heterocycles. The predicted molar refractivity (Wildman–Crippen MR) is 55.0 cm³/mol. The van der Waals surface area contributed by atoms with Crippen LogP contribution in [0.1, 0.15) is 5.56 Å². The van der Waals surface area contributed by atoms with Gasteiger partial charge in [0.05, 0.1) is 15.1 Å². The summed E-state index contributed by atoms with van der Waals surface area (Å²) in [5, 5.41) is 10.5. The first-order valence-corrected chi connectivity index (χ1v) is 4.86. The molecule has 0 saturated heterocycles. The Hall–Kier alpha value is -0.850. The number of ether oxygens (including phenoxy) is 1. The van der Waals surface area contributed by atoms with E-state index >= 15 is 0 Å². The maximum atomic E-state index is 10.5. The van der Waals surface area contributed by atoms with Gasteiger partial charge >= 0.3 is 0 Å². The van der Waals surface area contributed by atoms with Gasteiger partial charge in [-0.25, -0.2) is 0 Å². The maximum Gasteiger partial charge on any atom is 0.271 e. The number of hydrogen-bond acceptors (Lipinski definition) is 3. The van der Waals surface area contributed by atoms with E-state index in [0.29, 0.717) is 6.61 Å². The van der Waals surface area contributed by atoms with Gasteiger partial charge in [0.2, 0.25) is 0 Å². The molecule has 0 N–H and O–H groups in total. The molecule has 13 heavy (non-hydrogen) atoms. The van der Waals surface area contributed by atoms with Crippen LogP contribution in [0, 0.1) is 13.7 Å². The van der Waals surface area contributed by atoms with Crippen LogP contribution in [0.15, 0.2) is 12.1 Å². The number of halogens is 1. The average Bonchev–Trinajstić information content (AvgIpc) is 2.51. The number of rotatable bonds is 1. The number of nitro groups is 1. The van der Waals surface area contributed by atoms with Crippen LogP contribution in [0.2, 0.25) is 0 Å². The zero-order valence-corrected chi connectivity index (χ0v) is 8.78. The number of non-ortho nitro benzene ring substituents is 1. The first kappa shape index (κ1) is 8.74. The van der Waals surface area contributed by atoms with Gasteiger partial charge in [-0.1, -0.05) is 0 Å². The number of hydrogen-bond donors (Lipinski definition) is 0. The first-order chi connectivity index (χ1) is 6.18. The van der Waals surface area contributed by atoms with E-state index in [0.717, 1.165) is 21.3 Å². The second-order valence-electron chi connectivity index (χ2n) is 2.77. The second-order valence-corrected chi connectivity index (χ2v) is 3.93. The highest BCUT2D eigenvalue weighted by atomic mass is 127. The van der Waals surface area contributed by atoms with Gasteiger partial charge in [0.15, 0.2) is 0 Å². The van der Waals surface area contributed by atoms with Gasteiger partial charge in [-0.05, 0) is 22.6 Å². The maximum absolute atomic E-state index is 10.5. The van der Waals surface area contributed by atoms with E-state index in [1.165, 1.54) is 6.07 Å². The molecule has 0 saturated carbocycles. The van der Waals surface area contributed by atoms with Crippen LogP contribution in [-0.4, -0.2) is 11.5 Å². The van der Waals surface area contributed by atoms with Crippen LogP contribution in [0.5, 0.6) is 5.75 Å². The Morgan fingerprint density at radius 3 is 3.00 bits per heavy atom. The number of benzene rings is 1. The van der Waals surface area contributed by atoms with E-state index in [2.05, 4.69) is 22.6 Å². The zero-order chi connectivity index (χ0) is 9.42. The molecule has 2 rings (SSSR count). The van der Waals surface area contributed by atoms with Gasteiger partial charge in [-0.15, -0.1) is 0 Å². The van der Waals surface area contributed by atoms with E-state index < -0.39 is 0 Å². The van der Waals surface area contributed by atoms with E-state index in [-0.39, 0.29) is 10.6 Å². The van der Waals surface area contributed by atoms with Crippen LogP contribution >= 0.6 is 22.6 Å². The summed E-state index contributed by atoms with van der Waals surface area (Å²) in [6.45, 7) is 0.631. The van der Waals surface area contributed by atoms with Crippen LogP contribution in [0.25, 0.3) is 0 Å². The van der Waals surface area contributed by atoms with Crippen molar-refractivity contribution in [1.29, 1.82) is 0 Å². The summed E-state index contributed by atoms with van der Waals surface area (Å²) in [6, 6.07) is 3.12. The largest absolute Gasteiger partial charge is 0.492 e. The molecule has 0 aliphatic carbocycles. The Labute approximate surface area is 88.2 Å². The lowest BCUT2D eigenvalue weighted by Crippen LogP contribution is -1.91. The minimum Gasteiger partial charge on any atom is -0.492 e. The molecule has 0 bridgehead atoms. The van der Waals surface area contributed by atoms with Gasteiger partial charge in [-0.3, -0.25) is 10.1 Å². The molecule has 1 aromatic rings. The molecule has 1 heterocycles.